The third-order valence-electron chi connectivity index (χ3n) is 3.06. The van der Waals surface area contributed by atoms with Gasteiger partial charge in [0.15, 0.2) is 6.29 Å². The minimum absolute atomic E-state index is 0.0343. The molecule has 6 heteroatoms. The fourth-order valence-corrected chi connectivity index (χ4v) is 2.11. The van der Waals surface area contributed by atoms with Crippen LogP contribution in [0.25, 0.3) is 16.6 Å². The summed E-state index contributed by atoms with van der Waals surface area (Å²) in [6.07, 6.45) is 2.19. The Morgan fingerprint density at radius 3 is 2.75 bits per heavy atom. The van der Waals surface area contributed by atoms with Crippen LogP contribution in [0.1, 0.15) is 10.4 Å². The number of hydrogen-bond acceptors (Lipinski definition) is 4. The van der Waals surface area contributed by atoms with E-state index in [1.165, 1.54) is 12.1 Å². The fraction of sp³-hybridized carbons (Fsp3) is 0. The maximum atomic E-state index is 11.0. The largest absolute Gasteiger partial charge is 0.298 e. The lowest BCUT2D eigenvalue weighted by Gasteiger charge is -2.04. The van der Waals surface area contributed by atoms with Crippen molar-refractivity contribution in [2.45, 2.75) is 0 Å². The Hall–Kier alpha value is -3.02. The van der Waals surface area contributed by atoms with Crippen LogP contribution in [0.15, 0.2) is 48.7 Å². The van der Waals surface area contributed by atoms with Crippen LogP contribution in [0, 0.1) is 10.1 Å². The maximum Gasteiger partial charge on any atom is 0.280 e. The first-order valence-corrected chi connectivity index (χ1v) is 5.87. The third-order valence-corrected chi connectivity index (χ3v) is 3.06. The first kappa shape index (κ1) is 12.0. The molecule has 0 amide bonds. The van der Waals surface area contributed by atoms with E-state index in [0.29, 0.717) is 12.0 Å². The summed E-state index contributed by atoms with van der Waals surface area (Å²) in [6.45, 7) is 0. The Morgan fingerprint density at radius 2 is 2.00 bits per heavy atom. The fourth-order valence-electron chi connectivity index (χ4n) is 2.11. The Labute approximate surface area is 113 Å². The van der Waals surface area contributed by atoms with Crippen molar-refractivity contribution in [2.24, 2.45) is 0 Å². The number of hydrogen-bond donors (Lipinski definition) is 0. The second kappa shape index (κ2) is 4.58. The lowest BCUT2D eigenvalue weighted by molar-refractivity contribution is -0.385. The summed E-state index contributed by atoms with van der Waals surface area (Å²) in [7, 11) is 0. The zero-order valence-corrected chi connectivity index (χ0v) is 10.3. The van der Waals surface area contributed by atoms with Crippen LogP contribution in [0.4, 0.5) is 5.69 Å². The molecule has 0 unspecified atom stereocenters. The molecule has 3 aromatic rings. The highest BCUT2D eigenvalue weighted by Gasteiger charge is 2.15. The second-order valence-electron chi connectivity index (χ2n) is 4.23. The molecule has 98 valence electrons. The van der Waals surface area contributed by atoms with E-state index in [-0.39, 0.29) is 11.3 Å². The Kier molecular flexibility index (Phi) is 2.76. The Morgan fingerprint density at radius 1 is 1.20 bits per heavy atom. The number of aldehydes is 1. The summed E-state index contributed by atoms with van der Waals surface area (Å²) in [5, 5.41) is 16.0. The smallest absolute Gasteiger partial charge is 0.280 e. The molecule has 0 saturated heterocycles. The SMILES string of the molecule is O=Cc1cc(-n2ncc3ccccc32)ccc1[N+](=O)[O-]. The van der Waals surface area contributed by atoms with Gasteiger partial charge in [0.1, 0.15) is 0 Å². The van der Waals surface area contributed by atoms with Crippen LogP contribution in [-0.2, 0) is 0 Å². The summed E-state index contributed by atoms with van der Waals surface area (Å²) in [4.78, 5) is 21.2. The molecule has 1 heterocycles. The molecular weight excluding hydrogens is 258 g/mol. The molecule has 6 nitrogen and oxygen atoms in total. The van der Waals surface area contributed by atoms with Crippen molar-refractivity contribution in [3.8, 4) is 5.69 Å². The lowest BCUT2D eigenvalue weighted by atomic mass is 10.1. The van der Waals surface area contributed by atoms with Gasteiger partial charge in [-0.05, 0) is 18.2 Å². The van der Waals surface area contributed by atoms with Gasteiger partial charge in [-0.2, -0.15) is 5.10 Å². The highest BCUT2D eigenvalue weighted by Crippen LogP contribution is 2.23. The number of fused-ring (bicyclic) bond motifs is 1. The topological polar surface area (TPSA) is 78.0 Å². The molecule has 20 heavy (non-hydrogen) atoms. The van der Waals surface area contributed by atoms with Gasteiger partial charge in [0.05, 0.1) is 27.9 Å². The molecule has 0 N–H and O–H groups in total. The van der Waals surface area contributed by atoms with E-state index in [1.807, 2.05) is 24.3 Å². The first-order chi connectivity index (χ1) is 9.70. The average Bonchev–Trinajstić information content (AvgIpc) is 2.90. The number of nitro benzene ring substituents is 1. The number of nitrogens with zero attached hydrogens (tertiary/aromatic N) is 3. The molecule has 0 aliphatic heterocycles. The molecule has 1 aromatic heterocycles. The number of carbonyl (C=O) groups excluding carboxylic acids is 1. The zero-order valence-electron chi connectivity index (χ0n) is 10.3. The molecule has 0 atom stereocenters. The van der Waals surface area contributed by atoms with Crippen molar-refractivity contribution < 1.29 is 9.72 Å². The standard InChI is InChI=1S/C14H9N3O3/c18-9-11-7-12(5-6-14(11)17(19)20)16-13-4-2-1-3-10(13)8-15-16/h1-9H. The second-order valence-corrected chi connectivity index (χ2v) is 4.23. The van der Waals surface area contributed by atoms with Gasteiger partial charge in [-0.15, -0.1) is 0 Å². The van der Waals surface area contributed by atoms with E-state index in [9.17, 15) is 14.9 Å². The van der Waals surface area contributed by atoms with Crippen molar-refractivity contribution in [3.05, 3.63) is 64.3 Å². The average molecular weight is 267 g/mol. The highest BCUT2D eigenvalue weighted by atomic mass is 16.6. The number of rotatable bonds is 3. The maximum absolute atomic E-state index is 11.0. The summed E-state index contributed by atoms with van der Waals surface area (Å²) in [5.74, 6) is 0. The van der Waals surface area contributed by atoms with Crippen molar-refractivity contribution >= 4 is 22.9 Å². The van der Waals surface area contributed by atoms with Crippen molar-refractivity contribution in [3.63, 3.8) is 0 Å². The summed E-state index contributed by atoms with van der Waals surface area (Å²) in [5.41, 5.74) is 1.31. The van der Waals surface area contributed by atoms with Gasteiger partial charge in [-0.1, -0.05) is 18.2 Å². The third kappa shape index (κ3) is 1.83. The normalized spacial score (nSPS) is 10.6. The highest BCUT2D eigenvalue weighted by molar-refractivity contribution is 5.84. The van der Waals surface area contributed by atoms with E-state index < -0.39 is 4.92 Å². The van der Waals surface area contributed by atoms with Crippen LogP contribution >= 0.6 is 0 Å². The van der Waals surface area contributed by atoms with Crippen molar-refractivity contribution in [1.29, 1.82) is 0 Å². The summed E-state index contributed by atoms with van der Waals surface area (Å²) >= 11 is 0. The van der Waals surface area contributed by atoms with Crippen molar-refractivity contribution in [2.75, 3.05) is 0 Å². The van der Waals surface area contributed by atoms with Crippen LogP contribution < -0.4 is 0 Å². The predicted octanol–water partition coefficient (Wildman–Crippen LogP) is 2.75. The van der Waals surface area contributed by atoms with Gasteiger partial charge in [-0.25, -0.2) is 4.68 Å². The van der Waals surface area contributed by atoms with Gasteiger partial charge >= 0.3 is 0 Å². The quantitative estimate of drug-likeness (QED) is 0.415. The minimum atomic E-state index is -0.575. The van der Waals surface area contributed by atoms with E-state index >= 15 is 0 Å². The molecule has 0 fully saturated rings. The number of nitro groups is 1. The molecule has 2 aromatic carbocycles. The van der Waals surface area contributed by atoms with E-state index in [1.54, 1.807) is 16.9 Å². The molecule has 0 bridgehead atoms. The van der Waals surface area contributed by atoms with Gasteiger partial charge in [0.25, 0.3) is 5.69 Å². The van der Waals surface area contributed by atoms with Crippen LogP contribution in [0.5, 0.6) is 0 Å². The Bertz CT molecular complexity index is 823. The molecule has 0 aliphatic rings. The van der Waals surface area contributed by atoms with Gasteiger partial charge < -0.3 is 0 Å². The van der Waals surface area contributed by atoms with Gasteiger partial charge in [0, 0.05) is 11.5 Å². The van der Waals surface area contributed by atoms with Gasteiger partial charge in [-0.3, -0.25) is 14.9 Å². The van der Waals surface area contributed by atoms with Crippen LogP contribution in [0.2, 0.25) is 0 Å². The number of carbonyl (C=O) groups is 1. The van der Waals surface area contributed by atoms with Crippen LogP contribution in [-0.4, -0.2) is 21.0 Å². The number of aromatic nitrogens is 2. The van der Waals surface area contributed by atoms with E-state index in [2.05, 4.69) is 5.10 Å². The molecule has 3 rings (SSSR count). The summed E-state index contributed by atoms with van der Waals surface area (Å²) < 4.78 is 1.64. The molecule has 0 spiro atoms. The van der Waals surface area contributed by atoms with E-state index in [4.69, 9.17) is 0 Å². The minimum Gasteiger partial charge on any atom is -0.298 e. The van der Waals surface area contributed by atoms with Crippen LogP contribution in [0.3, 0.4) is 0 Å². The van der Waals surface area contributed by atoms with E-state index in [0.717, 1.165) is 10.9 Å². The molecule has 0 saturated carbocycles. The zero-order chi connectivity index (χ0) is 14.1. The van der Waals surface area contributed by atoms with Crippen molar-refractivity contribution in [1.82, 2.24) is 9.78 Å². The monoisotopic (exact) mass is 267 g/mol. The number of benzene rings is 2. The number of para-hydroxylation sites is 1. The lowest BCUT2D eigenvalue weighted by Crippen LogP contribution is -2.00. The van der Waals surface area contributed by atoms with Gasteiger partial charge in [0.2, 0.25) is 0 Å². The Balaban J connectivity index is 2.20. The molecular formula is C14H9N3O3. The summed E-state index contributed by atoms with van der Waals surface area (Å²) in [6, 6.07) is 12.0. The molecule has 0 radical (unpaired) electrons. The predicted molar refractivity (Wildman–Crippen MR) is 73.1 cm³/mol. The first-order valence-electron chi connectivity index (χ1n) is 5.87. The molecule has 0 aliphatic carbocycles.